The lowest BCUT2D eigenvalue weighted by Crippen LogP contribution is -2.35. The van der Waals surface area contributed by atoms with E-state index in [2.05, 4.69) is 6.58 Å². The van der Waals surface area contributed by atoms with Crippen molar-refractivity contribution in [1.29, 1.82) is 0 Å². The van der Waals surface area contributed by atoms with Gasteiger partial charge in [-0.2, -0.15) is 0 Å². The number of sulfone groups is 1. The second-order valence-corrected chi connectivity index (χ2v) is 6.55. The molecular weight excluding hydrogens is 242 g/mol. The Morgan fingerprint density at radius 1 is 1.53 bits per heavy atom. The molecule has 0 aromatic heterocycles. The Balaban J connectivity index is 2.49. The number of aliphatic hydroxyl groups is 1. The summed E-state index contributed by atoms with van der Waals surface area (Å²) in [6.07, 6.45) is 2.40. The van der Waals surface area contributed by atoms with E-state index >= 15 is 0 Å². The molecule has 1 amide bonds. The molecule has 1 unspecified atom stereocenters. The number of hydrogen-bond donors (Lipinski definition) is 1. The summed E-state index contributed by atoms with van der Waals surface area (Å²) in [6.45, 7) is 4.11. The molecule has 0 radical (unpaired) electrons. The van der Waals surface area contributed by atoms with Crippen molar-refractivity contribution in [3.8, 4) is 0 Å². The monoisotopic (exact) mass is 261 g/mol. The van der Waals surface area contributed by atoms with E-state index in [1.165, 1.54) is 4.90 Å². The highest BCUT2D eigenvalue weighted by Gasteiger charge is 2.30. The van der Waals surface area contributed by atoms with Gasteiger partial charge in [-0.1, -0.05) is 6.08 Å². The maximum atomic E-state index is 11.9. The average molecular weight is 261 g/mol. The molecule has 1 aliphatic heterocycles. The number of rotatable bonds is 6. The number of nitrogens with zero attached hydrogens (tertiary/aromatic N) is 1. The van der Waals surface area contributed by atoms with E-state index < -0.39 is 9.84 Å². The van der Waals surface area contributed by atoms with Gasteiger partial charge in [-0.25, -0.2) is 8.42 Å². The molecule has 1 rings (SSSR count). The third kappa shape index (κ3) is 4.47. The Bertz CT molecular complexity index is 377. The van der Waals surface area contributed by atoms with Crippen LogP contribution in [0.4, 0.5) is 0 Å². The van der Waals surface area contributed by atoms with Crippen LogP contribution in [0, 0.1) is 5.92 Å². The molecule has 98 valence electrons. The van der Waals surface area contributed by atoms with Crippen LogP contribution in [0.2, 0.25) is 0 Å². The SMILES string of the molecule is C=CCN(CCO)C(=O)CC1CCS(=O)(=O)C1. The summed E-state index contributed by atoms with van der Waals surface area (Å²) < 4.78 is 22.5. The van der Waals surface area contributed by atoms with Crippen LogP contribution >= 0.6 is 0 Å². The zero-order valence-electron chi connectivity index (χ0n) is 9.84. The van der Waals surface area contributed by atoms with Gasteiger partial charge in [0.1, 0.15) is 0 Å². The number of carbonyl (C=O) groups excluding carboxylic acids is 1. The second kappa shape index (κ2) is 6.16. The summed E-state index contributed by atoms with van der Waals surface area (Å²) in [5, 5.41) is 8.83. The fraction of sp³-hybridized carbons (Fsp3) is 0.727. The Kier molecular flexibility index (Phi) is 5.14. The van der Waals surface area contributed by atoms with Crippen molar-refractivity contribution < 1.29 is 18.3 Å². The lowest BCUT2D eigenvalue weighted by molar-refractivity contribution is -0.132. The van der Waals surface area contributed by atoms with Crippen molar-refractivity contribution in [2.45, 2.75) is 12.8 Å². The zero-order chi connectivity index (χ0) is 12.9. The van der Waals surface area contributed by atoms with Crippen LogP contribution in [-0.4, -0.2) is 55.5 Å². The van der Waals surface area contributed by atoms with Gasteiger partial charge < -0.3 is 10.0 Å². The van der Waals surface area contributed by atoms with Gasteiger partial charge in [0.05, 0.1) is 18.1 Å². The predicted molar refractivity (Wildman–Crippen MR) is 65.2 cm³/mol. The van der Waals surface area contributed by atoms with Crippen molar-refractivity contribution in [3.05, 3.63) is 12.7 Å². The van der Waals surface area contributed by atoms with E-state index in [0.29, 0.717) is 13.0 Å². The lowest BCUT2D eigenvalue weighted by Gasteiger charge is -2.21. The van der Waals surface area contributed by atoms with Gasteiger partial charge in [-0.3, -0.25) is 4.79 Å². The molecule has 1 atom stereocenters. The number of hydrogen-bond acceptors (Lipinski definition) is 4. The molecule has 0 aromatic carbocycles. The zero-order valence-corrected chi connectivity index (χ0v) is 10.7. The van der Waals surface area contributed by atoms with Gasteiger partial charge in [-0.05, 0) is 12.3 Å². The average Bonchev–Trinajstić information content (AvgIpc) is 2.57. The first kappa shape index (κ1) is 14.2. The molecule has 0 spiro atoms. The highest BCUT2D eigenvalue weighted by Crippen LogP contribution is 2.22. The van der Waals surface area contributed by atoms with E-state index in [1.807, 2.05) is 0 Å². The van der Waals surface area contributed by atoms with Crippen LogP contribution in [0.5, 0.6) is 0 Å². The molecule has 0 aromatic rings. The fourth-order valence-electron chi connectivity index (χ4n) is 2.00. The summed E-state index contributed by atoms with van der Waals surface area (Å²) in [5.41, 5.74) is 0. The smallest absolute Gasteiger partial charge is 0.223 e. The maximum Gasteiger partial charge on any atom is 0.223 e. The minimum absolute atomic E-state index is 0.0708. The molecule has 17 heavy (non-hydrogen) atoms. The first-order valence-electron chi connectivity index (χ1n) is 5.68. The molecule has 0 saturated carbocycles. The standard InChI is InChI=1S/C11H19NO4S/c1-2-4-12(5-6-13)11(14)8-10-3-7-17(15,16)9-10/h2,10,13H,1,3-9H2. The van der Waals surface area contributed by atoms with Crippen LogP contribution in [-0.2, 0) is 14.6 Å². The van der Waals surface area contributed by atoms with Crippen molar-refractivity contribution >= 4 is 15.7 Å². The highest BCUT2D eigenvalue weighted by molar-refractivity contribution is 7.91. The minimum atomic E-state index is -2.93. The molecule has 0 bridgehead atoms. The summed E-state index contributed by atoms with van der Waals surface area (Å²) in [4.78, 5) is 13.4. The van der Waals surface area contributed by atoms with Crippen molar-refractivity contribution in [2.24, 2.45) is 5.92 Å². The van der Waals surface area contributed by atoms with Gasteiger partial charge in [-0.15, -0.1) is 6.58 Å². The van der Waals surface area contributed by atoms with Crippen molar-refractivity contribution in [3.63, 3.8) is 0 Å². The van der Waals surface area contributed by atoms with Gasteiger partial charge in [0.25, 0.3) is 0 Å². The van der Waals surface area contributed by atoms with Crippen LogP contribution in [0.15, 0.2) is 12.7 Å². The Hall–Kier alpha value is -0.880. The highest BCUT2D eigenvalue weighted by atomic mass is 32.2. The van der Waals surface area contributed by atoms with E-state index in [0.717, 1.165) is 0 Å². The summed E-state index contributed by atoms with van der Waals surface area (Å²) >= 11 is 0. The molecule has 1 heterocycles. The first-order chi connectivity index (χ1) is 7.98. The van der Waals surface area contributed by atoms with Gasteiger partial charge in [0.2, 0.25) is 5.91 Å². The molecule has 6 heteroatoms. The third-order valence-electron chi connectivity index (χ3n) is 2.86. The van der Waals surface area contributed by atoms with E-state index in [4.69, 9.17) is 5.11 Å². The topological polar surface area (TPSA) is 74.7 Å². The Labute approximate surface area is 102 Å². The van der Waals surface area contributed by atoms with Gasteiger partial charge in [0.15, 0.2) is 9.84 Å². The molecule has 5 nitrogen and oxygen atoms in total. The van der Waals surface area contributed by atoms with Crippen LogP contribution in [0.3, 0.4) is 0 Å². The second-order valence-electron chi connectivity index (χ2n) is 4.33. The van der Waals surface area contributed by atoms with E-state index in [9.17, 15) is 13.2 Å². The minimum Gasteiger partial charge on any atom is -0.395 e. The summed E-state index contributed by atoms with van der Waals surface area (Å²) in [6, 6.07) is 0. The third-order valence-corrected chi connectivity index (χ3v) is 4.70. The normalized spacial score (nSPS) is 22.3. The van der Waals surface area contributed by atoms with Crippen LogP contribution in [0.25, 0.3) is 0 Å². The van der Waals surface area contributed by atoms with E-state index in [-0.39, 0.29) is 42.9 Å². The van der Waals surface area contributed by atoms with Gasteiger partial charge in [0, 0.05) is 19.5 Å². The van der Waals surface area contributed by atoms with Crippen molar-refractivity contribution in [1.82, 2.24) is 4.90 Å². The Morgan fingerprint density at radius 3 is 2.71 bits per heavy atom. The summed E-state index contributed by atoms with van der Waals surface area (Å²) in [5.74, 6) is 0.117. The molecule has 0 aliphatic carbocycles. The molecule has 1 aliphatic rings. The first-order valence-corrected chi connectivity index (χ1v) is 7.50. The van der Waals surface area contributed by atoms with Crippen LogP contribution in [0.1, 0.15) is 12.8 Å². The lowest BCUT2D eigenvalue weighted by atomic mass is 10.0. The number of amides is 1. The van der Waals surface area contributed by atoms with E-state index in [1.54, 1.807) is 6.08 Å². The maximum absolute atomic E-state index is 11.9. The molecule has 1 fully saturated rings. The largest absolute Gasteiger partial charge is 0.395 e. The number of aliphatic hydroxyl groups excluding tert-OH is 1. The van der Waals surface area contributed by atoms with Crippen LogP contribution < -0.4 is 0 Å². The molecule has 1 N–H and O–H groups in total. The fourth-order valence-corrected chi connectivity index (χ4v) is 3.87. The van der Waals surface area contributed by atoms with Gasteiger partial charge >= 0.3 is 0 Å². The predicted octanol–water partition coefficient (Wildman–Crippen LogP) is -0.182. The molecular formula is C11H19NO4S. The van der Waals surface area contributed by atoms with Crippen molar-refractivity contribution in [2.75, 3.05) is 31.2 Å². The number of carbonyl (C=O) groups is 1. The molecule has 1 saturated heterocycles. The Morgan fingerprint density at radius 2 is 2.24 bits per heavy atom. The summed E-state index contributed by atoms with van der Waals surface area (Å²) in [7, 11) is -2.93. The quantitative estimate of drug-likeness (QED) is 0.673.